The van der Waals surface area contributed by atoms with Gasteiger partial charge in [0.2, 0.25) is 11.5 Å². The van der Waals surface area contributed by atoms with Crippen molar-refractivity contribution in [3.8, 4) is 34.5 Å². The normalized spacial score (nSPS) is 15.8. The van der Waals surface area contributed by atoms with E-state index in [0.29, 0.717) is 67.2 Å². The van der Waals surface area contributed by atoms with Crippen LogP contribution in [0.3, 0.4) is 0 Å². The molecule has 44 heavy (non-hydrogen) atoms. The minimum Gasteiger partial charge on any atom is -0.493 e. The number of ether oxygens (including phenoxy) is 7. The molecule has 5 rings (SSSR count). The molecule has 1 fully saturated rings. The summed E-state index contributed by atoms with van der Waals surface area (Å²) < 4.78 is 40.5. The van der Waals surface area contributed by atoms with Crippen molar-refractivity contribution in [1.82, 2.24) is 0 Å². The molecule has 1 saturated heterocycles. The monoisotopic (exact) mass is 598 g/mol. The first-order valence-electron chi connectivity index (χ1n) is 14.5. The molecule has 0 amide bonds. The third-order valence-corrected chi connectivity index (χ3v) is 7.76. The van der Waals surface area contributed by atoms with Crippen molar-refractivity contribution in [3.63, 3.8) is 0 Å². The number of esters is 1. The van der Waals surface area contributed by atoms with E-state index in [9.17, 15) is 4.79 Å². The number of hydrogen-bond donors (Lipinski definition) is 0. The van der Waals surface area contributed by atoms with E-state index in [1.54, 1.807) is 28.4 Å². The van der Waals surface area contributed by atoms with Crippen LogP contribution < -0.4 is 28.4 Å². The lowest BCUT2D eigenvalue weighted by atomic mass is 9.84. The van der Waals surface area contributed by atoms with Crippen molar-refractivity contribution in [2.75, 3.05) is 35.0 Å². The highest BCUT2D eigenvalue weighted by Crippen LogP contribution is 2.42. The molecule has 230 valence electrons. The Morgan fingerprint density at radius 3 is 1.41 bits per heavy atom. The largest absolute Gasteiger partial charge is 0.493 e. The molecule has 0 spiro atoms. The van der Waals surface area contributed by atoms with Gasteiger partial charge in [-0.05, 0) is 59.4 Å². The van der Waals surface area contributed by atoms with Crippen LogP contribution in [-0.4, -0.2) is 41.0 Å². The van der Waals surface area contributed by atoms with Gasteiger partial charge < -0.3 is 33.2 Å². The Morgan fingerprint density at radius 1 is 0.591 bits per heavy atom. The molecule has 1 aliphatic heterocycles. The first kappa shape index (κ1) is 30.6. The summed E-state index contributed by atoms with van der Waals surface area (Å²) in [4.78, 5) is 13.0. The maximum absolute atomic E-state index is 13.0. The van der Waals surface area contributed by atoms with Gasteiger partial charge in [-0.25, -0.2) is 0 Å². The molecule has 1 heterocycles. The van der Waals surface area contributed by atoms with E-state index < -0.39 is 0 Å². The maximum Gasteiger partial charge on any atom is 0.309 e. The Balaban J connectivity index is 1.33. The van der Waals surface area contributed by atoms with E-state index in [4.69, 9.17) is 33.2 Å². The number of carbonyl (C=O) groups is 1. The van der Waals surface area contributed by atoms with Crippen LogP contribution >= 0.6 is 0 Å². The van der Waals surface area contributed by atoms with Gasteiger partial charge in [-0.3, -0.25) is 4.79 Å². The van der Waals surface area contributed by atoms with Crippen LogP contribution in [0.1, 0.15) is 22.3 Å². The number of carbonyl (C=O) groups excluding carboxylic acids is 1. The average Bonchev–Trinajstić information content (AvgIpc) is 3.40. The number of hydrogen-bond acceptors (Lipinski definition) is 8. The topological polar surface area (TPSA) is 81.7 Å². The molecule has 1 aliphatic rings. The minimum absolute atomic E-state index is 0.0565. The first-order valence-corrected chi connectivity index (χ1v) is 14.5. The summed E-state index contributed by atoms with van der Waals surface area (Å²) in [6, 6.07) is 27.5. The van der Waals surface area contributed by atoms with Crippen LogP contribution in [0, 0.1) is 11.8 Å². The minimum atomic E-state index is -0.355. The van der Waals surface area contributed by atoms with Crippen molar-refractivity contribution in [3.05, 3.63) is 107 Å². The van der Waals surface area contributed by atoms with E-state index in [2.05, 4.69) is 0 Å². The fourth-order valence-corrected chi connectivity index (χ4v) is 5.46. The molecule has 0 N–H and O–H groups in total. The van der Waals surface area contributed by atoms with Crippen molar-refractivity contribution in [1.29, 1.82) is 0 Å². The van der Waals surface area contributed by atoms with E-state index in [-0.39, 0.29) is 17.8 Å². The Hall–Kier alpha value is -4.85. The number of methoxy groups -OCH3 is 4. The average molecular weight is 599 g/mol. The second-order valence-corrected chi connectivity index (χ2v) is 10.6. The highest BCUT2D eigenvalue weighted by molar-refractivity contribution is 5.75. The Bertz CT molecular complexity index is 1490. The molecule has 8 nitrogen and oxygen atoms in total. The molecular weight excluding hydrogens is 560 g/mol. The molecule has 0 saturated carbocycles. The lowest BCUT2D eigenvalue weighted by molar-refractivity contribution is -0.141. The highest BCUT2D eigenvalue weighted by Gasteiger charge is 2.37. The first-order chi connectivity index (χ1) is 21.5. The van der Waals surface area contributed by atoms with Gasteiger partial charge in [0.25, 0.3) is 0 Å². The van der Waals surface area contributed by atoms with Crippen LogP contribution in [-0.2, 0) is 35.6 Å². The molecule has 0 bridgehead atoms. The highest BCUT2D eigenvalue weighted by atomic mass is 16.5. The van der Waals surface area contributed by atoms with E-state index in [0.717, 1.165) is 22.3 Å². The number of cyclic esters (lactones) is 1. The second-order valence-electron chi connectivity index (χ2n) is 10.6. The SMILES string of the molecule is COc1cc(C[C@H]2COC(=O)[C@@H]2Cc2cc(OC)c(OCc3ccccc3)c(OC)c2)cc(OC)c1OCc1ccccc1. The summed E-state index contributed by atoms with van der Waals surface area (Å²) in [5.41, 5.74) is 3.91. The van der Waals surface area contributed by atoms with Gasteiger partial charge >= 0.3 is 5.97 Å². The number of rotatable bonds is 14. The predicted molar refractivity (Wildman–Crippen MR) is 166 cm³/mol. The summed E-state index contributed by atoms with van der Waals surface area (Å²) in [6.45, 7) is 1.07. The van der Waals surface area contributed by atoms with Crippen molar-refractivity contribution >= 4 is 5.97 Å². The summed E-state index contributed by atoms with van der Waals surface area (Å²) in [6.07, 6.45) is 1.05. The van der Waals surface area contributed by atoms with E-state index in [1.165, 1.54) is 0 Å². The van der Waals surface area contributed by atoms with Crippen LogP contribution in [0.5, 0.6) is 34.5 Å². The molecule has 2 atom stereocenters. The molecule has 8 heteroatoms. The van der Waals surface area contributed by atoms with Gasteiger partial charge in [-0.15, -0.1) is 0 Å². The molecular formula is C36H38O8. The van der Waals surface area contributed by atoms with Gasteiger partial charge in [0.1, 0.15) is 13.2 Å². The zero-order chi connectivity index (χ0) is 30.9. The molecule has 0 aliphatic carbocycles. The lowest BCUT2D eigenvalue weighted by Crippen LogP contribution is -2.21. The number of benzene rings is 4. The van der Waals surface area contributed by atoms with Crippen molar-refractivity contribution in [2.24, 2.45) is 11.8 Å². The fraction of sp³-hybridized carbons (Fsp3) is 0.306. The van der Waals surface area contributed by atoms with E-state index in [1.807, 2.05) is 84.9 Å². The Morgan fingerprint density at radius 2 is 1.00 bits per heavy atom. The quantitative estimate of drug-likeness (QED) is 0.153. The van der Waals surface area contributed by atoms with Gasteiger partial charge in [0, 0.05) is 5.92 Å². The van der Waals surface area contributed by atoms with Crippen LogP contribution in [0.4, 0.5) is 0 Å². The maximum atomic E-state index is 13.0. The zero-order valence-corrected chi connectivity index (χ0v) is 25.5. The van der Waals surface area contributed by atoms with Gasteiger partial charge in [0.15, 0.2) is 23.0 Å². The molecule has 0 aromatic heterocycles. The van der Waals surface area contributed by atoms with Gasteiger partial charge in [0.05, 0.1) is 41.0 Å². The summed E-state index contributed by atoms with van der Waals surface area (Å²) in [5, 5.41) is 0. The van der Waals surface area contributed by atoms with Crippen molar-refractivity contribution in [2.45, 2.75) is 26.1 Å². The molecule has 4 aromatic carbocycles. The Kier molecular flexibility index (Phi) is 10.1. The van der Waals surface area contributed by atoms with Crippen LogP contribution in [0.15, 0.2) is 84.9 Å². The van der Waals surface area contributed by atoms with Crippen LogP contribution in [0.2, 0.25) is 0 Å². The second kappa shape index (κ2) is 14.6. The molecule has 0 unspecified atom stereocenters. The Labute approximate surface area is 258 Å². The predicted octanol–water partition coefficient (Wildman–Crippen LogP) is 6.45. The summed E-state index contributed by atoms with van der Waals surface area (Å²) in [5.74, 6) is 2.63. The fourth-order valence-electron chi connectivity index (χ4n) is 5.46. The standard InChI is InChI=1S/C36H38O8/c1-38-30-17-26(18-31(39-2)34(30)42-21-24-11-7-5-8-12-24)15-28-23-44-36(37)29(28)16-27-19-32(40-3)35(33(20-27)41-4)43-22-25-13-9-6-10-14-25/h5-14,17-20,28-29H,15-16,21-23H2,1-4H3/t28-,29+/m0/s1. The van der Waals surface area contributed by atoms with Gasteiger partial charge in [-0.1, -0.05) is 60.7 Å². The third-order valence-electron chi connectivity index (χ3n) is 7.76. The molecule has 0 radical (unpaired) electrons. The van der Waals surface area contributed by atoms with E-state index >= 15 is 0 Å². The lowest BCUT2D eigenvalue weighted by Gasteiger charge is -2.20. The third kappa shape index (κ3) is 7.19. The summed E-state index contributed by atoms with van der Waals surface area (Å²) >= 11 is 0. The zero-order valence-electron chi connectivity index (χ0n) is 25.5. The van der Waals surface area contributed by atoms with Crippen molar-refractivity contribution < 1.29 is 38.0 Å². The smallest absolute Gasteiger partial charge is 0.309 e. The van der Waals surface area contributed by atoms with Crippen LogP contribution in [0.25, 0.3) is 0 Å². The molecule has 4 aromatic rings. The summed E-state index contributed by atoms with van der Waals surface area (Å²) in [7, 11) is 6.39. The van der Waals surface area contributed by atoms with Gasteiger partial charge in [-0.2, -0.15) is 0 Å².